The molecule has 0 aromatic heterocycles. The molecule has 1 aliphatic rings. The van der Waals surface area contributed by atoms with Crippen LogP contribution in [-0.2, 0) is 9.53 Å². The minimum Gasteiger partial charge on any atom is -0.462 e. The van der Waals surface area contributed by atoms with Gasteiger partial charge in [0.25, 0.3) is 0 Å². The molecule has 0 aromatic carbocycles. The average Bonchev–Trinajstić information content (AvgIpc) is 2.35. The zero-order valence-electron chi connectivity index (χ0n) is 13.6. The van der Waals surface area contributed by atoms with Crippen LogP contribution in [0, 0.1) is 11.3 Å². The van der Waals surface area contributed by atoms with Crippen molar-refractivity contribution in [3.8, 4) is 0 Å². The zero-order valence-corrected chi connectivity index (χ0v) is 13.6. The summed E-state index contributed by atoms with van der Waals surface area (Å²) < 4.78 is 5.39. The lowest BCUT2D eigenvalue weighted by molar-refractivity contribution is -0.160. The summed E-state index contributed by atoms with van der Waals surface area (Å²) in [6, 6.07) is 0. The molecule has 0 amide bonds. The van der Waals surface area contributed by atoms with Gasteiger partial charge in [-0.3, -0.25) is 4.79 Å². The monoisotopic (exact) mass is 296 g/mol. The van der Waals surface area contributed by atoms with Gasteiger partial charge in [-0.25, -0.2) is 0 Å². The van der Waals surface area contributed by atoms with Crippen molar-refractivity contribution in [1.29, 1.82) is 0 Å². The van der Waals surface area contributed by atoms with E-state index < -0.39 is 11.7 Å². The van der Waals surface area contributed by atoms with E-state index in [1.165, 1.54) is 13.0 Å². The van der Waals surface area contributed by atoms with Gasteiger partial charge in [-0.2, -0.15) is 0 Å². The van der Waals surface area contributed by atoms with Crippen LogP contribution in [-0.4, -0.2) is 34.0 Å². The van der Waals surface area contributed by atoms with Crippen LogP contribution in [0.3, 0.4) is 0 Å². The van der Waals surface area contributed by atoms with Crippen molar-refractivity contribution in [1.82, 2.24) is 0 Å². The number of esters is 1. The highest BCUT2D eigenvalue weighted by Gasteiger charge is 2.47. The topological polar surface area (TPSA) is 66.8 Å². The fraction of sp³-hybridized carbons (Fsp3) is 0.706. The van der Waals surface area contributed by atoms with Gasteiger partial charge in [0, 0.05) is 18.8 Å². The molecule has 0 bridgehead atoms. The van der Waals surface area contributed by atoms with Gasteiger partial charge in [-0.05, 0) is 31.3 Å². The minimum absolute atomic E-state index is 0.0305. The molecule has 120 valence electrons. The third-order valence-corrected chi connectivity index (χ3v) is 4.73. The number of aliphatic hydroxyl groups is 2. The molecule has 4 heteroatoms. The van der Waals surface area contributed by atoms with E-state index in [-0.39, 0.29) is 23.4 Å². The summed E-state index contributed by atoms with van der Waals surface area (Å²) in [5.41, 5.74) is -0.530. The van der Waals surface area contributed by atoms with Crippen LogP contribution in [0.2, 0.25) is 0 Å². The van der Waals surface area contributed by atoms with Gasteiger partial charge < -0.3 is 14.9 Å². The summed E-state index contributed by atoms with van der Waals surface area (Å²) in [5.74, 6) is -0.373. The highest BCUT2D eigenvalue weighted by molar-refractivity contribution is 5.66. The molecule has 1 saturated carbocycles. The quantitative estimate of drug-likeness (QED) is 0.604. The maximum Gasteiger partial charge on any atom is 0.302 e. The number of carbonyl (C=O) groups excluding carboxylic acids is 1. The van der Waals surface area contributed by atoms with Crippen molar-refractivity contribution in [2.75, 3.05) is 0 Å². The van der Waals surface area contributed by atoms with Gasteiger partial charge in [0.1, 0.15) is 6.10 Å². The van der Waals surface area contributed by atoms with E-state index in [1.807, 2.05) is 13.8 Å². The average molecular weight is 296 g/mol. The third kappa shape index (κ3) is 4.17. The second-order valence-corrected chi connectivity index (χ2v) is 6.90. The first kappa shape index (κ1) is 17.9. The Labute approximate surface area is 127 Å². The number of aliphatic hydroxyl groups excluding tert-OH is 1. The number of hydrogen-bond donors (Lipinski definition) is 2. The lowest BCUT2D eigenvalue weighted by Gasteiger charge is -2.47. The standard InChI is InChI=1S/C17H28O4/c1-7-17(6,20)9-8-13-11(2)14(19)10-15(16(13,4)5)21-12(3)18/h7,13-15,19-20H,1-2,8-10H2,3-6H3/t13-,14-,15-,17-/m0/s1. The van der Waals surface area contributed by atoms with Gasteiger partial charge in [0.15, 0.2) is 0 Å². The van der Waals surface area contributed by atoms with Gasteiger partial charge in [0.2, 0.25) is 0 Å². The van der Waals surface area contributed by atoms with Gasteiger partial charge >= 0.3 is 5.97 Å². The highest BCUT2D eigenvalue weighted by atomic mass is 16.5. The molecule has 1 rings (SSSR count). The van der Waals surface area contributed by atoms with Crippen LogP contribution < -0.4 is 0 Å². The van der Waals surface area contributed by atoms with Gasteiger partial charge in [-0.15, -0.1) is 6.58 Å². The Kier molecular flexibility index (Phi) is 5.40. The minimum atomic E-state index is -0.949. The van der Waals surface area contributed by atoms with Crippen molar-refractivity contribution in [2.45, 2.75) is 64.8 Å². The second-order valence-electron chi connectivity index (χ2n) is 6.90. The zero-order chi connectivity index (χ0) is 16.4. The van der Waals surface area contributed by atoms with Crippen molar-refractivity contribution in [3.05, 3.63) is 24.8 Å². The van der Waals surface area contributed by atoms with Crippen LogP contribution in [0.4, 0.5) is 0 Å². The molecule has 1 fully saturated rings. The van der Waals surface area contributed by atoms with E-state index >= 15 is 0 Å². The van der Waals surface area contributed by atoms with Crippen LogP contribution in [0.25, 0.3) is 0 Å². The van der Waals surface area contributed by atoms with E-state index in [9.17, 15) is 15.0 Å². The van der Waals surface area contributed by atoms with E-state index in [0.717, 1.165) is 5.57 Å². The Morgan fingerprint density at radius 2 is 2.14 bits per heavy atom. The molecule has 4 nitrogen and oxygen atoms in total. The van der Waals surface area contributed by atoms with E-state index in [4.69, 9.17) is 4.74 Å². The normalized spacial score (nSPS) is 31.3. The largest absolute Gasteiger partial charge is 0.462 e. The highest BCUT2D eigenvalue weighted by Crippen LogP contribution is 2.47. The number of carbonyl (C=O) groups is 1. The van der Waals surface area contributed by atoms with Crippen molar-refractivity contribution >= 4 is 5.97 Å². The van der Waals surface area contributed by atoms with Crippen molar-refractivity contribution in [3.63, 3.8) is 0 Å². The molecular formula is C17H28O4. The van der Waals surface area contributed by atoms with Crippen LogP contribution in [0.5, 0.6) is 0 Å². The summed E-state index contributed by atoms with van der Waals surface area (Å²) in [6.45, 7) is 14.8. The van der Waals surface area contributed by atoms with Gasteiger partial charge in [-0.1, -0.05) is 26.5 Å². The molecule has 2 N–H and O–H groups in total. The summed E-state index contributed by atoms with van der Waals surface area (Å²) in [6.07, 6.45) is 2.03. The Hall–Kier alpha value is -1.13. The smallest absolute Gasteiger partial charge is 0.302 e. The molecule has 0 radical (unpaired) electrons. The Morgan fingerprint density at radius 1 is 1.57 bits per heavy atom. The predicted molar refractivity (Wildman–Crippen MR) is 82.6 cm³/mol. The predicted octanol–water partition coefficient (Wildman–Crippen LogP) is 2.60. The molecule has 1 aliphatic carbocycles. The lowest BCUT2D eigenvalue weighted by atomic mass is 9.62. The molecule has 21 heavy (non-hydrogen) atoms. The SMILES string of the molecule is C=C[C@](C)(O)CC[C@H]1C(=C)[C@@H](O)C[C@H](OC(C)=O)C1(C)C. The van der Waals surface area contributed by atoms with Crippen LogP contribution in [0.1, 0.15) is 47.0 Å². The molecule has 0 aliphatic heterocycles. The molecule has 0 unspecified atom stereocenters. The summed E-state index contributed by atoms with van der Waals surface area (Å²) in [5, 5.41) is 20.3. The summed E-state index contributed by atoms with van der Waals surface area (Å²) >= 11 is 0. The molecule has 4 atom stereocenters. The summed E-state index contributed by atoms with van der Waals surface area (Å²) in [7, 11) is 0. The third-order valence-electron chi connectivity index (χ3n) is 4.73. The summed E-state index contributed by atoms with van der Waals surface area (Å²) in [4.78, 5) is 11.3. The molecule has 0 heterocycles. The van der Waals surface area contributed by atoms with E-state index in [0.29, 0.717) is 19.3 Å². The molecule has 0 aromatic rings. The maximum atomic E-state index is 11.3. The fourth-order valence-corrected chi connectivity index (χ4v) is 3.09. The maximum absolute atomic E-state index is 11.3. The fourth-order valence-electron chi connectivity index (χ4n) is 3.09. The van der Waals surface area contributed by atoms with E-state index in [2.05, 4.69) is 13.2 Å². The first-order valence-corrected chi connectivity index (χ1v) is 7.41. The number of ether oxygens (including phenoxy) is 1. The van der Waals surface area contributed by atoms with Crippen LogP contribution in [0.15, 0.2) is 24.8 Å². The van der Waals surface area contributed by atoms with E-state index in [1.54, 1.807) is 6.92 Å². The van der Waals surface area contributed by atoms with Gasteiger partial charge in [0.05, 0.1) is 11.7 Å². The molecule has 0 spiro atoms. The van der Waals surface area contributed by atoms with Crippen molar-refractivity contribution < 1.29 is 19.7 Å². The molecule has 0 saturated heterocycles. The number of hydrogen-bond acceptors (Lipinski definition) is 4. The number of rotatable bonds is 5. The van der Waals surface area contributed by atoms with Crippen LogP contribution >= 0.6 is 0 Å². The molecular weight excluding hydrogens is 268 g/mol. The second kappa shape index (κ2) is 6.32. The van der Waals surface area contributed by atoms with Crippen molar-refractivity contribution in [2.24, 2.45) is 11.3 Å². The Bertz CT molecular complexity index is 423. The lowest BCUT2D eigenvalue weighted by Crippen LogP contribution is -2.49. The Balaban J connectivity index is 2.94. The first-order chi connectivity index (χ1) is 9.51. The first-order valence-electron chi connectivity index (χ1n) is 7.41. The Morgan fingerprint density at radius 3 is 2.62 bits per heavy atom.